The van der Waals surface area contributed by atoms with Crippen molar-refractivity contribution in [3.05, 3.63) is 42.2 Å². The smallest absolute Gasteiger partial charge is 0.341 e. The van der Waals surface area contributed by atoms with Gasteiger partial charge < -0.3 is 15.0 Å². The first-order valence-electron chi connectivity index (χ1n) is 8.99. The van der Waals surface area contributed by atoms with Crippen LogP contribution in [0.1, 0.15) is 23.2 Å². The summed E-state index contributed by atoms with van der Waals surface area (Å²) in [6, 6.07) is 9.05. The molecule has 1 N–H and O–H groups in total. The van der Waals surface area contributed by atoms with E-state index in [0.717, 1.165) is 25.3 Å². The van der Waals surface area contributed by atoms with Gasteiger partial charge in [0.25, 0.3) is 0 Å². The molecule has 0 amide bonds. The van der Waals surface area contributed by atoms with Crippen LogP contribution in [0.2, 0.25) is 0 Å². The SMILES string of the molecule is COC(=O)c1cnc(Nc2ccc(N3CCN4CCCC4C3)cc2)nc1. The molecule has 0 spiro atoms. The number of anilines is 3. The van der Waals surface area contributed by atoms with E-state index in [1.165, 1.54) is 44.6 Å². The summed E-state index contributed by atoms with van der Waals surface area (Å²) in [5, 5.41) is 3.15. The van der Waals surface area contributed by atoms with E-state index in [1.807, 2.05) is 12.1 Å². The molecule has 2 fully saturated rings. The van der Waals surface area contributed by atoms with Crippen molar-refractivity contribution in [2.24, 2.45) is 0 Å². The first-order valence-corrected chi connectivity index (χ1v) is 8.99. The molecule has 1 aromatic carbocycles. The lowest BCUT2D eigenvalue weighted by Crippen LogP contribution is -2.50. The number of ether oxygens (including phenoxy) is 1. The quantitative estimate of drug-likeness (QED) is 0.846. The number of hydrogen-bond acceptors (Lipinski definition) is 7. The van der Waals surface area contributed by atoms with E-state index in [0.29, 0.717) is 17.6 Å². The molecule has 2 aliphatic rings. The summed E-state index contributed by atoms with van der Waals surface area (Å²) >= 11 is 0. The standard InChI is InChI=1S/C19H23N5O2/c1-26-18(25)14-11-20-19(21-12-14)22-15-4-6-16(7-5-15)24-10-9-23-8-2-3-17(23)13-24/h4-7,11-12,17H,2-3,8-10,13H2,1H3,(H,20,21,22). The molecular weight excluding hydrogens is 330 g/mol. The van der Waals surface area contributed by atoms with Crippen LogP contribution in [0.5, 0.6) is 0 Å². The topological polar surface area (TPSA) is 70.6 Å². The maximum atomic E-state index is 11.4. The number of nitrogens with one attached hydrogen (secondary N) is 1. The minimum Gasteiger partial charge on any atom is -0.465 e. The van der Waals surface area contributed by atoms with Crippen molar-refractivity contribution in [1.29, 1.82) is 0 Å². The Balaban J connectivity index is 1.39. The van der Waals surface area contributed by atoms with Crippen LogP contribution >= 0.6 is 0 Å². The molecule has 0 saturated carbocycles. The van der Waals surface area contributed by atoms with E-state index in [1.54, 1.807) is 0 Å². The molecule has 2 aromatic rings. The van der Waals surface area contributed by atoms with E-state index in [4.69, 9.17) is 0 Å². The van der Waals surface area contributed by atoms with Gasteiger partial charge in [0.2, 0.25) is 5.95 Å². The number of hydrogen-bond donors (Lipinski definition) is 1. The van der Waals surface area contributed by atoms with E-state index in [2.05, 4.69) is 42.0 Å². The Morgan fingerprint density at radius 2 is 1.92 bits per heavy atom. The second-order valence-electron chi connectivity index (χ2n) is 6.74. The van der Waals surface area contributed by atoms with Gasteiger partial charge in [-0.05, 0) is 43.7 Å². The second-order valence-corrected chi connectivity index (χ2v) is 6.74. The summed E-state index contributed by atoms with van der Waals surface area (Å²) in [5.41, 5.74) is 2.50. The Hall–Kier alpha value is -2.67. The van der Waals surface area contributed by atoms with Crippen LogP contribution in [0, 0.1) is 0 Å². The summed E-state index contributed by atoms with van der Waals surface area (Å²) in [6.07, 6.45) is 5.55. The number of methoxy groups -OCH3 is 1. The van der Waals surface area contributed by atoms with Crippen molar-refractivity contribution in [3.63, 3.8) is 0 Å². The number of fused-ring (bicyclic) bond motifs is 1. The lowest BCUT2D eigenvalue weighted by molar-refractivity contribution is 0.0600. The summed E-state index contributed by atoms with van der Waals surface area (Å²) in [5.74, 6) is 0.00763. The van der Waals surface area contributed by atoms with Crippen molar-refractivity contribution < 1.29 is 9.53 Å². The van der Waals surface area contributed by atoms with Gasteiger partial charge in [-0.15, -0.1) is 0 Å². The number of piperazine rings is 1. The molecule has 136 valence electrons. The van der Waals surface area contributed by atoms with Gasteiger partial charge in [-0.2, -0.15) is 0 Å². The Kier molecular flexibility index (Phi) is 4.71. The van der Waals surface area contributed by atoms with Crippen molar-refractivity contribution in [1.82, 2.24) is 14.9 Å². The molecule has 26 heavy (non-hydrogen) atoms. The highest BCUT2D eigenvalue weighted by atomic mass is 16.5. The first kappa shape index (κ1) is 16.8. The number of nitrogens with zero attached hydrogens (tertiary/aromatic N) is 4. The van der Waals surface area contributed by atoms with Crippen LogP contribution in [0.3, 0.4) is 0 Å². The fourth-order valence-corrected chi connectivity index (χ4v) is 3.73. The van der Waals surface area contributed by atoms with Crippen molar-refractivity contribution >= 4 is 23.3 Å². The summed E-state index contributed by atoms with van der Waals surface area (Å²) in [6.45, 7) is 4.62. The monoisotopic (exact) mass is 353 g/mol. The van der Waals surface area contributed by atoms with Crippen LogP contribution in [0.25, 0.3) is 0 Å². The van der Waals surface area contributed by atoms with E-state index in [9.17, 15) is 4.79 Å². The normalized spacial score (nSPS) is 19.9. The first-order chi connectivity index (χ1) is 12.7. The molecule has 1 unspecified atom stereocenters. The molecule has 0 bridgehead atoms. The second kappa shape index (κ2) is 7.29. The summed E-state index contributed by atoms with van der Waals surface area (Å²) in [7, 11) is 1.34. The minimum absolute atomic E-state index is 0.333. The highest BCUT2D eigenvalue weighted by Crippen LogP contribution is 2.26. The molecule has 7 heteroatoms. The van der Waals surface area contributed by atoms with Crippen LogP contribution in [0.15, 0.2) is 36.7 Å². The van der Waals surface area contributed by atoms with Gasteiger partial charge in [0.05, 0.1) is 12.7 Å². The Morgan fingerprint density at radius 3 is 2.65 bits per heavy atom. The van der Waals surface area contributed by atoms with Crippen LogP contribution in [-0.2, 0) is 4.74 Å². The highest BCUT2D eigenvalue weighted by molar-refractivity contribution is 5.88. The lowest BCUT2D eigenvalue weighted by Gasteiger charge is -2.38. The molecule has 2 aliphatic heterocycles. The largest absolute Gasteiger partial charge is 0.465 e. The van der Waals surface area contributed by atoms with E-state index in [-0.39, 0.29) is 0 Å². The van der Waals surface area contributed by atoms with Crippen LogP contribution in [0.4, 0.5) is 17.3 Å². The molecule has 1 atom stereocenters. The molecule has 7 nitrogen and oxygen atoms in total. The molecule has 4 rings (SSSR count). The maximum Gasteiger partial charge on any atom is 0.341 e. The minimum atomic E-state index is -0.441. The van der Waals surface area contributed by atoms with E-state index >= 15 is 0 Å². The fraction of sp³-hybridized carbons (Fsp3) is 0.421. The lowest BCUT2D eigenvalue weighted by atomic mass is 10.1. The van der Waals surface area contributed by atoms with Gasteiger partial charge in [-0.1, -0.05) is 0 Å². The van der Waals surface area contributed by atoms with Crippen LogP contribution in [-0.4, -0.2) is 60.2 Å². The predicted molar refractivity (Wildman–Crippen MR) is 99.9 cm³/mol. The molecule has 0 aliphatic carbocycles. The number of aromatic nitrogens is 2. The zero-order valence-electron chi connectivity index (χ0n) is 14.9. The third-order valence-corrected chi connectivity index (χ3v) is 5.15. The highest BCUT2D eigenvalue weighted by Gasteiger charge is 2.30. The molecule has 1 aromatic heterocycles. The zero-order chi connectivity index (χ0) is 17.9. The molecule has 2 saturated heterocycles. The Morgan fingerprint density at radius 1 is 1.15 bits per heavy atom. The van der Waals surface area contributed by atoms with Crippen molar-refractivity contribution in [3.8, 4) is 0 Å². The number of carbonyl (C=O) groups is 1. The van der Waals surface area contributed by atoms with E-state index < -0.39 is 5.97 Å². The summed E-state index contributed by atoms with van der Waals surface area (Å²) < 4.78 is 4.64. The zero-order valence-corrected chi connectivity index (χ0v) is 14.9. The van der Waals surface area contributed by atoms with Crippen molar-refractivity contribution in [2.45, 2.75) is 18.9 Å². The Labute approximate surface area is 153 Å². The fourth-order valence-electron chi connectivity index (χ4n) is 3.73. The number of esters is 1. The molecule has 0 radical (unpaired) electrons. The van der Waals surface area contributed by atoms with Gasteiger partial charge >= 0.3 is 5.97 Å². The predicted octanol–water partition coefficient (Wildman–Crippen LogP) is 2.29. The van der Waals surface area contributed by atoms with Gasteiger partial charge in [-0.25, -0.2) is 14.8 Å². The number of benzene rings is 1. The number of rotatable bonds is 4. The molecular formula is C19H23N5O2. The molecule has 3 heterocycles. The van der Waals surface area contributed by atoms with Gasteiger partial charge in [-0.3, -0.25) is 4.90 Å². The Bertz CT molecular complexity index is 763. The third kappa shape index (κ3) is 3.48. The third-order valence-electron chi connectivity index (χ3n) is 5.15. The average molecular weight is 353 g/mol. The average Bonchev–Trinajstić information content (AvgIpc) is 3.16. The maximum absolute atomic E-state index is 11.4. The van der Waals surface area contributed by atoms with Crippen molar-refractivity contribution in [2.75, 3.05) is 43.5 Å². The van der Waals surface area contributed by atoms with Gasteiger partial charge in [0.15, 0.2) is 0 Å². The van der Waals surface area contributed by atoms with Gasteiger partial charge in [0.1, 0.15) is 0 Å². The van der Waals surface area contributed by atoms with Gasteiger partial charge in [0, 0.05) is 49.4 Å². The number of carbonyl (C=O) groups excluding carboxylic acids is 1. The van der Waals surface area contributed by atoms with Crippen LogP contribution < -0.4 is 10.2 Å². The summed E-state index contributed by atoms with van der Waals surface area (Å²) in [4.78, 5) is 24.8.